The number of nitrogens with one attached hydrogen (secondary N) is 1. The fraction of sp³-hybridized carbons (Fsp3) is 0.500. The molecule has 2 atom stereocenters. The lowest BCUT2D eigenvalue weighted by molar-refractivity contribution is 0.320. The van der Waals surface area contributed by atoms with Crippen LogP contribution >= 0.6 is 0 Å². The molecule has 0 aliphatic heterocycles. The van der Waals surface area contributed by atoms with Crippen LogP contribution in [0.3, 0.4) is 0 Å². The van der Waals surface area contributed by atoms with Crippen LogP contribution < -0.4 is 0 Å². The van der Waals surface area contributed by atoms with Crippen molar-refractivity contribution in [1.29, 1.82) is 0 Å². The maximum Gasteiger partial charge on any atom is 0.181 e. The highest BCUT2D eigenvalue weighted by Gasteiger charge is 2.25. The topological polar surface area (TPSA) is 41.6 Å². The van der Waals surface area contributed by atoms with Gasteiger partial charge < -0.3 is 0 Å². The Morgan fingerprint density at radius 2 is 2.05 bits per heavy atom. The molecular weight excluding hydrogens is 253 g/mol. The van der Waals surface area contributed by atoms with E-state index >= 15 is 0 Å². The highest BCUT2D eigenvalue weighted by Crippen LogP contribution is 2.36. The van der Waals surface area contributed by atoms with E-state index in [1.165, 1.54) is 31.7 Å². The predicted octanol–water partition coefficient (Wildman–Crippen LogP) is 4.21. The summed E-state index contributed by atoms with van der Waals surface area (Å²) in [5, 5.41) is 7.39. The summed E-state index contributed by atoms with van der Waals surface area (Å²) in [5.41, 5.74) is 1.50. The van der Waals surface area contributed by atoms with Crippen LogP contribution in [-0.4, -0.2) is 15.2 Å². The largest absolute Gasteiger partial charge is 0.262 e. The summed E-state index contributed by atoms with van der Waals surface area (Å²) in [5.74, 6) is 2.59. The molecule has 1 aromatic carbocycles. The molecule has 0 spiro atoms. The third-order valence-corrected chi connectivity index (χ3v) is 4.38. The first-order chi connectivity index (χ1) is 9.65. The molecule has 0 bridgehead atoms. The third kappa shape index (κ3) is 2.47. The summed E-state index contributed by atoms with van der Waals surface area (Å²) >= 11 is 0. The second-order valence-corrected chi connectivity index (χ2v) is 5.88. The summed E-state index contributed by atoms with van der Waals surface area (Å²) in [6, 6.07) is 5.01. The van der Waals surface area contributed by atoms with Gasteiger partial charge in [0, 0.05) is 11.5 Å². The fourth-order valence-electron chi connectivity index (χ4n) is 3.08. The van der Waals surface area contributed by atoms with Crippen LogP contribution in [0.2, 0.25) is 0 Å². The van der Waals surface area contributed by atoms with Gasteiger partial charge >= 0.3 is 0 Å². The maximum atomic E-state index is 13.3. The molecule has 0 amide bonds. The minimum atomic E-state index is -0.189. The molecule has 1 saturated carbocycles. The maximum absolute atomic E-state index is 13.3. The minimum Gasteiger partial charge on any atom is -0.262 e. The van der Waals surface area contributed by atoms with Gasteiger partial charge in [0.05, 0.1) is 0 Å². The lowest BCUT2D eigenvalue weighted by Gasteiger charge is -2.26. The number of nitrogens with zero attached hydrogens (tertiary/aromatic N) is 2. The number of halogens is 1. The summed E-state index contributed by atoms with van der Waals surface area (Å²) in [6.07, 6.45) is 5.02. The molecule has 1 aliphatic rings. The van der Waals surface area contributed by atoms with Crippen molar-refractivity contribution < 1.29 is 4.39 Å². The van der Waals surface area contributed by atoms with Crippen LogP contribution in [-0.2, 0) is 0 Å². The van der Waals surface area contributed by atoms with Gasteiger partial charge in [-0.2, -0.15) is 5.10 Å². The van der Waals surface area contributed by atoms with Crippen LogP contribution in [0, 0.1) is 18.7 Å². The highest BCUT2D eigenvalue weighted by molar-refractivity contribution is 5.55. The fourth-order valence-corrected chi connectivity index (χ4v) is 3.08. The predicted molar refractivity (Wildman–Crippen MR) is 76.9 cm³/mol. The Labute approximate surface area is 118 Å². The SMILES string of the molecule is Cc1cc(-c2n[nH]c([C@H]3CCCC[C@@H]3C)n2)ccc1F. The Morgan fingerprint density at radius 1 is 1.25 bits per heavy atom. The van der Waals surface area contributed by atoms with Crippen LogP contribution in [0.1, 0.15) is 49.9 Å². The zero-order valence-electron chi connectivity index (χ0n) is 12.0. The first kappa shape index (κ1) is 13.3. The van der Waals surface area contributed by atoms with Gasteiger partial charge in [-0.1, -0.05) is 26.2 Å². The van der Waals surface area contributed by atoms with Gasteiger partial charge in [-0.3, -0.25) is 5.10 Å². The molecule has 1 fully saturated rings. The molecule has 3 rings (SSSR count). The quantitative estimate of drug-likeness (QED) is 0.890. The average molecular weight is 273 g/mol. The van der Waals surface area contributed by atoms with Crippen LogP contribution in [0.15, 0.2) is 18.2 Å². The van der Waals surface area contributed by atoms with Gasteiger partial charge in [-0.05, 0) is 43.0 Å². The molecule has 0 unspecified atom stereocenters. The van der Waals surface area contributed by atoms with Gasteiger partial charge in [0.2, 0.25) is 0 Å². The van der Waals surface area contributed by atoms with Crippen LogP contribution in [0.25, 0.3) is 11.4 Å². The van der Waals surface area contributed by atoms with Gasteiger partial charge in [0.15, 0.2) is 5.82 Å². The second kappa shape index (κ2) is 5.35. The number of rotatable bonds is 2. The summed E-state index contributed by atoms with van der Waals surface area (Å²) in [6.45, 7) is 4.05. The monoisotopic (exact) mass is 273 g/mol. The molecule has 0 saturated heterocycles. The standard InChI is InChI=1S/C16H20FN3/c1-10-5-3-4-6-13(10)16-18-15(19-20-16)12-7-8-14(17)11(2)9-12/h7-10,13H,3-6H2,1-2H3,(H,18,19,20)/t10-,13-/m0/s1. The van der Waals surface area contributed by atoms with Crippen molar-refractivity contribution in [2.24, 2.45) is 5.92 Å². The lowest BCUT2D eigenvalue weighted by Crippen LogP contribution is -2.16. The van der Waals surface area contributed by atoms with E-state index in [1.54, 1.807) is 19.1 Å². The Kier molecular flexibility index (Phi) is 3.55. The molecule has 106 valence electrons. The van der Waals surface area contributed by atoms with Gasteiger partial charge in [0.25, 0.3) is 0 Å². The molecule has 2 aromatic rings. The van der Waals surface area contributed by atoms with Crippen molar-refractivity contribution in [2.45, 2.75) is 45.4 Å². The van der Waals surface area contributed by atoms with Gasteiger partial charge in [-0.15, -0.1) is 0 Å². The smallest absolute Gasteiger partial charge is 0.181 e. The number of hydrogen-bond acceptors (Lipinski definition) is 2. The van der Waals surface area contributed by atoms with Crippen molar-refractivity contribution >= 4 is 0 Å². The molecule has 0 radical (unpaired) electrons. The summed E-state index contributed by atoms with van der Waals surface area (Å²) < 4.78 is 13.3. The highest BCUT2D eigenvalue weighted by atomic mass is 19.1. The van der Waals surface area contributed by atoms with E-state index in [-0.39, 0.29) is 5.82 Å². The van der Waals surface area contributed by atoms with E-state index < -0.39 is 0 Å². The van der Waals surface area contributed by atoms with Crippen molar-refractivity contribution in [3.05, 3.63) is 35.4 Å². The first-order valence-electron chi connectivity index (χ1n) is 7.34. The number of aryl methyl sites for hydroxylation is 1. The molecule has 20 heavy (non-hydrogen) atoms. The van der Waals surface area contributed by atoms with Crippen molar-refractivity contribution in [3.63, 3.8) is 0 Å². The van der Waals surface area contributed by atoms with Gasteiger partial charge in [-0.25, -0.2) is 9.37 Å². The summed E-state index contributed by atoms with van der Waals surface area (Å²) in [4.78, 5) is 4.64. The molecule has 4 heteroatoms. The van der Waals surface area contributed by atoms with E-state index in [1.807, 2.05) is 0 Å². The molecule has 1 N–H and O–H groups in total. The first-order valence-corrected chi connectivity index (χ1v) is 7.34. The normalized spacial score (nSPS) is 22.9. The van der Waals surface area contributed by atoms with E-state index in [0.29, 0.717) is 23.2 Å². The number of hydrogen-bond donors (Lipinski definition) is 1. The molecule has 1 aromatic heterocycles. The number of aromatic amines is 1. The van der Waals surface area contributed by atoms with Crippen molar-refractivity contribution in [1.82, 2.24) is 15.2 Å². The Balaban J connectivity index is 1.87. The van der Waals surface area contributed by atoms with Crippen LogP contribution in [0.5, 0.6) is 0 Å². The Bertz CT molecular complexity index is 606. The second-order valence-electron chi connectivity index (χ2n) is 5.88. The van der Waals surface area contributed by atoms with Gasteiger partial charge in [0.1, 0.15) is 11.6 Å². The van der Waals surface area contributed by atoms with E-state index in [2.05, 4.69) is 22.1 Å². The summed E-state index contributed by atoms with van der Waals surface area (Å²) in [7, 11) is 0. The zero-order chi connectivity index (χ0) is 14.1. The zero-order valence-corrected chi connectivity index (χ0v) is 12.0. The number of H-pyrrole nitrogens is 1. The Morgan fingerprint density at radius 3 is 2.80 bits per heavy atom. The molecular formula is C16H20FN3. The van der Waals surface area contributed by atoms with Crippen molar-refractivity contribution in [3.8, 4) is 11.4 Å². The van der Waals surface area contributed by atoms with E-state index in [0.717, 1.165) is 11.4 Å². The van der Waals surface area contributed by atoms with Crippen molar-refractivity contribution in [2.75, 3.05) is 0 Å². The minimum absolute atomic E-state index is 0.189. The number of aromatic nitrogens is 3. The lowest BCUT2D eigenvalue weighted by atomic mass is 9.80. The molecule has 3 nitrogen and oxygen atoms in total. The third-order valence-electron chi connectivity index (χ3n) is 4.38. The average Bonchev–Trinajstić information content (AvgIpc) is 2.92. The number of benzene rings is 1. The molecule has 1 aliphatic carbocycles. The molecule has 1 heterocycles. The van der Waals surface area contributed by atoms with E-state index in [9.17, 15) is 4.39 Å². The van der Waals surface area contributed by atoms with Crippen LogP contribution in [0.4, 0.5) is 4.39 Å². The van der Waals surface area contributed by atoms with E-state index in [4.69, 9.17) is 0 Å². The Hall–Kier alpha value is -1.71.